The van der Waals surface area contributed by atoms with Gasteiger partial charge in [-0.15, -0.1) is 0 Å². The largest absolute Gasteiger partial charge is 0.481 e. The Bertz CT molecular complexity index is 863. The van der Waals surface area contributed by atoms with Crippen molar-refractivity contribution in [2.24, 2.45) is 0 Å². The van der Waals surface area contributed by atoms with Crippen LogP contribution in [0.15, 0.2) is 49.1 Å². The summed E-state index contributed by atoms with van der Waals surface area (Å²) in [6.45, 7) is 1.40. The molecule has 0 saturated carbocycles. The molecule has 0 spiro atoms. The Balaban J connectivity index is 0.000000508. The van der Waals surface area contributed by atoms with Crippen LogP contribution >= 0.6 is 0 Å². The number of rotatable bonds is 18. The third-order valence-corrected chi connectivity index (χ3v) is 5.59. The van der Waals surface area contributed by atoms with Gasteiger partial charge in [0.15, 0.2) is 0 Å². The number of aromatic nitrogens is 2. The van der Waals surface area contributed by atoms with Crippen molar-refractivity contribution in [3.63, 3.8) is 0 Å². The van der Waals surface area contributed by atoms with Crippen molar-refractivity contribution in [2.75, 3.05) is 13.1 Å². The molecule has 0 aliphatic rings. The van der Waals surface area contributed by atoms with Crippen molar-refractivity contribution in [2.45, 2.75) is 77.0 Å². The van der Waals surface area contributed by atoms with Gasteiger partial charge in [-0.3, -0.25) is 29.1 Å². The van der Waals surface area contributed by atoms with Crippen molar-refractivity contribution < 1.29 is 29.4 Å². The molecule has 4 N–H and O–H groups in total. The number of amides is 2. The molecule has 38 heavy (non-hydrogen) atoms. The monoisotopic (exact) mass is 528 g/mol. The Hall–Kier alpha value is -3.82. The Morgan fingerprint density at radius 3 is 1.18 bits per heavy atom. The van der Waals surface area contributed by atoms with Crippen molar-refractivity contribution >= 4 is 23.8 Å². The maximum atomic E-state index is 11.8. The summed E-state index contributed by atoms with van der Waals surface area (Å²) in [5.74, 6) is -1.66. The number of carboxylic acid groups (broad SMARTS) is 2. The van der Waals surface area contributed by atoms with Gasteiger partial charge in [-0.1, -0.05) is 38.5 Å². The number of aliphatic carboxylic acids is 2. The topological polar surface area (TPSA) is 159 Å². The van der Waals surface area contributed by atoms with E-state index in [4.69, 9.17) is 10.2 Å². The lowest BCUT2D eigenvalue weighted by atomic mass is 10.1. The Labute approximate surface area is 224 Å². The molecule has 0 fully saturated rings. The van der Waals surface area contributed by atoms with Crippen LogP contribution in [-0.4, -0.2) is 57.0 Å². The van der Waals surface area contributed by atoms with Gasteiger partial charge in [0.1, 0.15) is 0 Å². The molecule has 0 atom stereocenters. The molecule has 0 radical (unpaired) electrons. The number of carbonyl (C=O) groups is 4. The SMILES string of the molecule is O=C(NCCCCCCCCNC(=O)c1ccncc1)c1ccncc1.O=C(O)CCCCCCC(=O)O. The highest BCUT2D eigenvalue weighted by molar-refractivity contribution is 5.94. The number of carboxylic acids is 2. The smallest absolute Gasteiger partial charge is 0.303 e. The van der Waals surface area contributed by atoms with Gasteiger partial charge >= 0.3 is 11.9 Å². The van der Waals surface area contributed by atoms with Gasteiger partial charge in [0, 0.05) is 61.8 Å². The number of unbranched alkanes of at least 4 members (excludes halogenated alkanes) is 8. The van der Waals surface area contributed by atoms with Gasteiger partial charge in [-0.2, -0.15) is 0 Å². The first kappa shape index (κ1) is 32.2. The minimum Gasteiger partial charge on any atom is -0.481 e. The van der Waals surface area contributed by atoms with Crippen LogP contribution in [0.1, 0.15) is 97.8 Å². The quantitative estimate of drug-likeness (QED) is 0.206. The third-order valence-electron chi connectivity index (χ3n) is 5.59. The van der Waals surface area contributed by atoms with E-state index < -0.39 is 11.9 Å². The fraction of sp³-hybridized carbons (Fsp3) is 0.500. The van der Waals surface area contributed by atoms with E-state index in [1.807, 2.05) is 0 Å². The number of carbonyl (C=O) groups excluding carboxylic acids is 2. The van der Waals surface area contributed by atoms with Gasteiger partial charge in [-0.25, -0.2) is 0 Å². The van der Waals surface area contributed by atoms with Crippen molar-refractivity contribution in [1.82, 2.24) is 20.6 Å². The lowest BCUT2D eigenvalue weighted by Gasteiger charge is -2.06. The van der Waals surface area contributed by atoms with Crippen LogP contribution in [0.3, 0.4) is 0 Å². The number of pyridine rings is 2. The van der Waals surface area contributed by atoms with E-state index in [2.05, 4.69) is 20.6 Å². The van der Waals surface area contributed by atoms with Crippen molar-refractivity contribution in [3.05, 3.63) is 60.2 Å². The molecule has 0 aromatic carbocycles. The number of nitrogens with one attached hydrogen (secondary N) is 2. The van der Waals surface area contributed by atoms with Crippen LogP contribution in [0.5, 0.6) is 0 Å². The summed E-state index contributed by atoms with van der Waals surface area (Å²) in [6.07, 6.45) is 16.2. The molecule has 2 heterocycles. The maximum Gasteiger partial charge on any atom is 0.303 e. The normalized spacial score (nSPS) is 10.1. The van der Waals surface area contributed by atoms with Crippen LogP contribution < -0.4 is 10.6 Å². The van der Waals surface area contributed by atoms with Crippen molar-refractivity contribution in [3.8, 4) is 0 Å². The summed E-state index contributed by atoms with van der Waals surface area (Å²) in [4.78, 5) is 51.6. The molecule has 2 rings (SSSR count). The predicted octanol–water partition coefficient (Wildman–Crippen LogP) is 4.47. The molecular formula is C28H40N4O6. The van der Waals surface area contributed by atoms with E-state index in [-0.39, 0.29) is 24.7 Å². The minimum atomic E-state index is -0.784. The highest BCUT2D eigenvalue weighted by Crippen LogP contribution is 2.06. The molecule has 2 amide bonds. The zero-order valence-electron chi connectivity index (χ0n) is 21.9. The van der Waals surface area contributed by atoms with Crippen LogP contribution in [0.25, 0.3) is 0 Å². The molecule has 2 aromatic rings. The first-order chi connectivity index (χ1) is 18.4. The van der Waals surface area contributed by atoms with Gasteiger partial charge in [0.25, 0.3) is 11.8 Å². The number of hydrogen-bond acceptors (Lipinski definition) is 6. The molecule has 0 aliphatic heterocycles. The van der Waals surface area contributed by atoms with E-state index in [0.29, 0.717) is 37.1 Å². The molecular weight excluding hydrogens is 488 g/mol. The Kier molecular flexibility index (Phi) is 18.0. The second-order valence-corrected chi connectivity index (χ2v) is 8.81. The predicted molar refractivity (Wildman–Crippen MR) is 144 cm³/mol. The highest BCUT2D eigenvalue weighted by Gasteiger charge is 2.04. The molecule has 0 unspecified atom stereocenters. The minimum absolute atomic E-state index is 0.0441. The summed E-state index contributed by atoms with van der Waals surface area (Å²) in [6, 6.07) is 6.84. The average molecular weight is 529 g/mol. The van der Waals surface area contributed by atoms with E-state index in [1.54, 1.807) is 49.1 Å². The van der Waals surface area contributed by atoms with E-state index in [1.165, 1.54) is 0 Å². The van der Waals surface area contributed by atoms with Crippen LogP contribution in [0.2, 0.25) is 0 Å². The molecule has 0 saturated heterocycles. The lowest BCUT2D eigenvalue weighted by Crippen LogP contribution is -2.24. The lowest BCUT2D eigenvalue weighted by molar-refractivity contribution is -0.138. The Morgan fingerprint density at radius 2 is 0.842 bits per heavy atom. The number of nitrogens with zero attached hydrogens (tertiary/aromatic N) is 2. The second kappa shape index (κ2) is 21.3. The van der Waals surface area contributed by atoms with Gasteiger partial charge in [0.2, 0.25) is 0 Å². The summed E-state index contributed by atoms with van der Waals surface area (Å²) >= 11 is 0. The fourth-order valence-corrected chi connectivity index (χ4v) is 3.48. The summed E-state index contributed by atoms with van der Waals surface area (Å²) in [7, 11) is 0. The van der Waals surface area contributed by atoms with E-state index in [9.17, 15) is 19.2 Å². The highest BCUT2D eigenvalue weighted by atomic mass is 16.4. The molecule has 10 heteroatoms. The van der Waals surface area contributed by atoms with Gasteiger partial charge in [-0.05, 0) is 49.9 Å². The zero-order chi connectivity index (χ0) is 27.8. The molecule has 208 valence electrons. The average Bonchev–Trinajstić information content (AvgIpc) is 2.92. The van der Waals surface area contributed by atoms with Gasteiger partial charge < -0.3 is 20.8 Å². The summed E-state index contributed by atoms with van der Waals surface area (Å²) < 4.78 is 0. The summed E-state index contributed by atoms with van der Waals surface area (Å²) in [5.41, 5.74) is 1.29. The van der Waals surface area contributed by atoms with Crippen LogP contribution in [0, 0.1) is 0 Å². The van der Waals surface area contributed by atoms with E-state index in [0.717, 1.165) is 51.4 Å². The van der Waals surface area contributed by atoms with Gasteiger partial charge in [0.05, 0.1) is 0 Å². The molecule has 2 aromatic heterocycles. The number of hydrogen-bond donors (Lipinski definition) is 4. The first-order valence-electron chi connectivity index (χ1n) is 13.2. The maximum absolute atomic E-state index is 11.8. The standard InChI is InChI=1S/C20H26N4O2.C8H14O4/c25-19(17-7-13-21-14-8-17)23-11-5-3-1-2-4-6-12-24-20(26)18-9-15-22-16-10-18;9-7(10)5-3-1-2-4-6-8(11)12/h7-10,13-16H,1-6,11-12H2,(H,23,25)(H,24,26);1-6H2,(H,9,10)(H,11,12). The molecule has 10 nitrogen and oxygen atoms in total. The first-order valence-corrected chi connectivity index (χ1v) is 13.2. The van der Waals surface area contributed by atoms with E-state index >= 15 is 0 Å². The third kappa shape index (κ3) is 17.6. The van der Waals surface area contributed by atoms with Crippen LogP contribution in [0.4, 0.5) is 0 Å². The molecule has 0 aliphatic carbocycles. The van der Waals surface area contributed by atoms with Crippen LogP contribution in [-0.2, 0) is 9.59 Å². The second-order valence-electron chi connectivity index (χ2n) is 8.81. The Morgan fingerprint density at radius 1 is 0.526 bits per heavy atom. The fourth-order valence-electron chi connectivity index (χ4n) is 3.48. The van der Waals surface area contributed by atoms with Crippen molar-refractivity contribution in [1.29, 1.82) is 0 Å². The summed E-state index contributed by atoms with van der Waals surface area (Å²) in [5, 5.41) is 22.4. The molecule has 0 bridgehead atoms. The zero-order valence-corrected chi connectivity index (χ0v) is 21.9.